The highest BCUT2D eigenvalue weighted by atomic mass is 31.2. The van der Waals surface area contributed by atoms with Crippen LogP contribution in [0.15, 0.2) is 24.5 Å². The van der Waals surface area contributed by atoms with E-state index in [0.717, 1.165) is 32.1 Å². The van der Waals surface area contributed by atoms with Crippen molar-refractivity contribution in [3.63, 3.8) is 0 Å². The molecule has 0 saturated carbocycles. The first kappa shape index (κ1) is 46.8. The van der Waals surface area contributed by atoms with E-state index in [-0.39, 0.29) is 32.3 Å². The Morgan fingerprint density at radius 1 is 0.625 bits per heavy atom. The third-order valence-electron chi connectivity index (χ3n) is 8.46. The summed E-state index contributed by atoms with van der Waals surface area (Å²) in [6.07, 6.45) is 40.0. The summed E-state index contributed by atoms with van der Waals surface area (Å²) in [6, 6.07) is 0. The number of nitrogens with two attached hydrogens (primary N) is 1. The third-order valence-corrected chi connectivity index (χ3v) is 9.44. The van der Waals surface area contributed by atoms with Crippen LogP contribution in [0.3, 0.4) is 0 Å². The van der Waals surface area contributed by atoms with Crippen LogP contribution in [0.5, 0.6) is 0 Å². The summed E-state index contributed by atoms with van der Waals surface area (Å²) in [4.78, 5) is 22.2. The molecule has 0 amide bonds. The Kier molecular flexibility index (Phi) is 36.2. The number of hydrogen-bond acceptors (Lipinski definition) is 7. The maximum atomic E-state index is 12.3. The Labute approximate surface area is 296 Å². The van der Waals surface area contributed by atoms with E-state index in [9.17, 15) is 14.3 Å². The zero-order chi connectivity index (χ0) is 35.2. The molecule has 0 radical (unpaired) electrons. The number of carbonyl (C=O) groups excluding carboxylic acids is 1. The monoisotopic (exact) mass is 702 g/mol. The van der Waals surface area contributed by atoms with Gasteiger partial charge in [0.1, 0.15) is 6.61 Å². The fourth-order valence-corrected chi connectivity index (χ4v) is 6.21. The van der Waals surface area contributed by atoms with Crippen molar-refractivity contribution >= 4 is 13.8 Å². The number of phosphoric acid groups is 1. The minimum atomic E-state index is -4.26. The molecule has 48 heavy (non-hydrogen) atoms. The summed E-state index contributed by atoms with van der Waals surface area (Å²) >= 11 is 0. The van der Waals surface area contributed by atoms with Crippen LogP contribution in [0.2, 0.25) is 0 Å². The molecule has 0 heterocycles. The first-order valence-corrected chi connectivity index (χ1v) is 21.4. The molecule has 0 aromatic heterocycles. The summed E-state index contributed by atoms with van der Waals surface area (Å²) < 4.78 is 33.1. The topological polar surface area (TPSA) is 117 Å². The van der Waals surface area contributed by atoms with E-state index in [1.165, 1.54) is 135 Å². The van der Waals surface area contributed by atoms with Crippen LogP contribution in [0.1, 0.15) is 187 Å². The van der Waals surface area contributed by atoms with E-state index in [1.807, 2.05) is 6.08 Å². The normalized spacial score (nSPS) is 13.8. The molecule has 0 aliphatic heterocycles. The number of allylic oxidation sites excluding steroid dienone is 3. The lowest BCUT2D eigenvalue weighted by molar-refractivity contribution is -0.147. The smallest absolute Gasteiger partial charge is 0.472 e. The molecule has 1 unspecified atom stereocenters. The molecular formula is C39H76NO7P. The van der Waals surface area contributed by atoms with E-state index >= 15 is 0 Å². The fraction of sp³-hybridized carbons (Fsp3) is 0.872. The molecule has 0 aliphatic carbocycles. The molecule has 0 spiro atoms. The second kappa shape index (κ2) is 37.1. The van der Waals surface area contributed by atoms with Gasteiger partial charge < -0.3 is 20.1 Å². The van der Waals surface area contributed by atoms with Crippen molar-refractivity contribution in [2.75, 3.05) is 26.4 Å². The average Bonchev–Trinajstić information content (AvgIpc) is 3.08. The lowest BCUT2D eigenvalue weighted by atomic mass is 10.0. The molecule has 3 N–H and O–H groups in total. The van der Waals surface area contributed by atoms with E-state index < -0.39 is 13.9 Å². The lowest BCUT2D eigenvalue weighted by Crippen LogP contribution is -2.25. The van der Waals surface area contributed by atoms with Crippen LogP contribution in [-0.2, 0) is 27.9 Å². The van der Waals surface area contributed by atoms with Crippen LogP contribution >= 0.6 is 7.82 Å². The molecule has 9 heteroatoms. The molecule has 0 aromatic rings. The van der Waals surface area contributed by atoms with Crippen LogP contribution in [0, 0.1) is 0 Å². The Balaban J connectivity index is 4.12. The van der Waals surface area contributed by atoms with E-state index in [4.69, 9.17) is 24.3 Å². The van der Waals surface area contributed by atoms with Crippen molar-refractivity contribution in [3.05, 3.63) is 24.5 Å². The summed E-state index contributed by atoms with van der Waals surface area (Å²) in [5.74, 6) is -0.291. The number of rotatable bonds is 38. The minimum absolute atomic E-state index is 0.0629. The highest BCUT2D eigenvalue weighted by molar-refractivity contribution is 7.47. The molecule has 284 valence electrons. The molecule has 2 atom stereocenters. The lowest BCUT2D eigenvalue weighted by Gasteiger charge is -2.19. The van der Waals surface area contributed by atoms with Gasteiger partial charge in [-0.25, -0.2) is 4.57 Å². The van der Waals surface area contributed by atoms with Crippen LogP contribution in [0.4, 0.5) is 0 Å². The molecule has 0 aliphatic rings. The average molecular weight is 702 g/mol. The first-order valence-electron chi connectivity index (χ1n) is 19.9. The van der Waals surface area contributed by atoms with Gasteiger partial charge in [-0.15, -0.1) is 0 Å². The number of carbonyl (C=O) groups is 1. The van der Waals surface area contributed by atoms with Crippen molar-refractivity contribution in [2.45, 2.75) is 193 Å². The van der Waals surface area contributed by atoms with Crippen molar-refractivity contribution < 1.29 is 32.8 Å². The predicted octanol–water partition coefficient (Wildman–Crippen LogP) is 11.6. The summed E-state index contributed by atoms with van der Waals surface area (Å²) in [6.45, 7) is 4.20. The maximum Gasteiger partial charge on any atom is 0.472 e. The predicted molar refractivity (Wildman–Crippen MR) is 201 cm³/mol. The molecule has 8 nitrogen and oxygen atoms in total. The Hall–Kier alpha value is -1.18. The zero-order valence-electron chi connectivity index (χ0n) is 31.2. The zero-order valence-corrected chi connectivity index (χ0v) is 32.1. The molecule has 0 saturated heterocycles. The SMILES string of the molecule is CCCCCCC=CCCCCCCCCC=CO[C@H](COC(=O)CCCCCCCCCCCCCCC)COP(=O)(O)OCCN. The number of ether oxygens (including phenoxy) is 2. The molecule has 0 aromatic carbocycles. The fourth-order valence-electron chi connectivity index (χ4n) is 5.45. The third kappa shape index (κ3) is 36.1. The minimum Gasteiger partial charge on any atom is -0.492 e. The standard InChI is InChI=1S/C39H76NO7P/c1-3-5-7-9-11-13-15-17-18-19-21-23-25-27-29-31-34-44-38(37-47-48(42,43)46-35-33-40)36-45-39(41)32-30-28-26-24-22-20-16-14-12-10-8-6-4-2/h13,15,31,34,38H,3-12,14,16-30,32-33,35-37,40H2,1-2H3,(H,42,43)/t38-/m1/s1. The van der Waals surface area contributed by atoms with Crippen LogP contribution < -0.4 is 5.73 Å². The number of phosphoric ester groups is 1. The van der Waals surface area contributed by atoms with Crippen LogP contribution in [-0.4, -0.2) is 43.3 Å². The van der Waals surface area contributed by atoms with Gasteiger partial charge in [-0.3, -0.25) is 13.8 Å². The summed E-state index contributed by atoms with van der Waals surface area (Å²) in [5.41, 5.74) is 5.35. The quantitative estimate of drug-likeness (QED) is 0.0215. The Morgan fingerprint density at radius 3 is 1.56 bits per heavy atom. The van der Waals surface area contributed by atoms with Gasteiger partial charge in [-0.1, -0.05) is 148 Å². The van der Waals surface area contributed by atoms with Gasteiger partial charge in [0.15, 0.2) is 6.10 Å². The van der Waals surface area contributed by atoms with Gasteiger partial charge in [-0.2, -0.15) is 0 Å². The van der Waals surface area contributed by atoms with E-state index in [1.54, 1.807) is 6.26 Å². The molecule has 0 fully saturated rings. The highest BCUT2D eigenvalue weighted by Gasteiger charge is 2.24. The molecular weight excluding hydrogens is 625 g/mol. The largest absolute Gasteiger partial charge is 0.492 e. The second-order valence-corrected chi connectivity index (χ2v) is 14.7. The molecule has 0 rings (SSSR count). The highest BCUT2D eigenvalue weighted by Crippen LogP contribution is 2.43. The van der Waals surface area contributed by atoms with Crippen molar-refractivity contribution in [3.8, 4) is 0 Å². The summed E-state index contributed by atoms with van der Waals surface area (Å²) in [7, 11) is -4.26. The number of esters is 1. The van der Waals surface area contributed by atoms with Gasteiger partial charge >= 0.3 is 13.8 Å². The van der Waals surface area contributed by atoms with E-state index in [0.29, 0.717) is 6.42 Å². The second-order valence-electron chi connectivity index (χ2n) is 13.2. The van der Waals surface area contributed by atoms with Gasteiger partial charge in [-0.05, 0) is 51.0 Å². The Morgan fingerprint density at radius 2 is 1.06 bits per heavy atom. The number of unbranched alkanes of at least 4 members (excludes halogenated alkanes) is 23. The van der Waals surface area contributed by atoms with Gasteiger partial charge in [0.25, 0.3) is 0 Å². The van der Waals surface area contributed by atoms with E-state index in [2.05, 4.69) is 26.0 Å². The maximum absolute atomic E-state index is 12.3. The molecule has 0 bridgehead atoms. The van der Waals surface area contributed by atoms with Crippen molar-refractivity contribution in [1.82, 2.24) is 0 Å². The van der Waals surface area contributed by atoms with Crippen LogP contribution in [0.25, 0.3) is 0 Å². The van der Waals surface area contributed by atoms with Crippen molar-refractivity contribution in [1.29, 1.82) is 0 Å². The Bertz CT molecular complexity index is 792. The van der Waals surface area contributed by atoms with Gasteiger partial charge in [0.05, 0.1) is 19.5 Å². The number of hydrogen-bond donors (Lipinski definition) is 2. The van der Waals surface area contributed by atoms with Crippen molar-refractivity contribution in [2.24, 2.45) is 5.73 Å². The summed E-state index contributed by atoms with van der Waals surface area (Å²) in [5, 5.41) is 0. The van der Waals surface area contributed by atoms with Gasteiger partial charge in [0.2, 0.25) is 0 Å². The van der Waals surface area contributed by atoms with Gasteiger partial charge in [0, 0.05) is 13.0 Å². The first-order chi connectivity index (χ1) is 23.4.